The second-order valence-corrected chi connectivity index (χ2v) is 8.08. The number of ether oxygens (including phenoxy) is 1. The summed E-state index contributed by atoms with van der Waals surface area (Å²) in [5.41, 5.74) is -0.397. The molecule has 33 heavy (non-hydrogen) atoms. The van der Waals surface area contributed by atoms with Gasteiger partial charge in [0.1, 0.15) is 5.82 Å². The van der Waals surface area contributed by atoms with E-state index in [1.807, 2.05) is 0 Å². The topological polar surface area (TPSA) is 54.5 Å². The van der Waals surface area contributed by atoms with Gasteiger partial charge in [0, 0.05) is 19.3 Å². The Kier molecular flexibility index (Phi) is 7.73. The molecule has 3 rings (SSSR count). The third kappa shape index (κ3) is 7.23. The van der Waals surface area contributed by atoms with Crippen molar-refractivity contribution in [3.05, 3.63) is 58.7 Å². The normalized spacial score (nSPS) is 18.6. The Bertz CT molecular complexity index is 952. The van der Waals surface area contributed by atoms with Gasteiger partial charge in [-0.3, -0.25) is 10.2 Å². The minimum Gasteiger partial charge on any atom is -0.435 e. The first-order valence-electron chi connectivity index (χ1n) is 9.97. The Morgan fingerprint density at radius 2 is 1.97 bits per heavy atom. The highest BCUT2D eigenvalue weighted by atomic mass is 35.5. The van der Waals surface area contributed by atoms with Crippen LogP contribution in [0.2, 0.25) is 5.02 Å². The van der Waals surface area contributed by atoms with Gasteiger partial charge < -0.3 is 4.74 Å². The number of pyridine rings is 1. The van der Waals surface area contributed by atoms with Crippen LogP contribution in [0.1, 0.15) is 29.9 Å². The molecule has 180 valence electrons. The largest absolute Gasteiger partial charge is 0.435 e. The van der Waals surface area contributed by atoms with Crippen LogP contribution in [0.3, 0.4) is 0 Å². The number of carbonyl (C=O) groups excluding carboxylic acids is 1. The van der Waals surface area contributed by atoms with Crippen molar-refractivity contribution in [2.45, 2.75) is 37.2 Å². The summed E-state index contributed by atoms with van der Waals surface area (Å²) in [7, 11) is 0. The molecule has 12 heteroatoms. The third-order valence-corrected chi connectivity index (χ3v) is 5.41. The molecular formula is C21H20ClF6N3O2. The molecule has 0 spiro atoms. The van der Waals surface area contributed by atoms with Crippen LogP contribution in [0.4, 0.5) is 37.0 Å². The number of hydrogen-bond acceptors (Lipinski definition) is 4. The number of benzene rings is 1. The molecule has 1 amide bonds. The number of nitrogens with zero attached hydrogens (tertiary/aromatic N) is 2. The van der Waals surface area contributed by atoms with Gasteiger partial charge in [0.25, 0.3) is 0 Å². The van der Waals surface area contributed by atoms with E-state index in [-0.39, 0.29) is 23.3 Å². The van der Waals surface area contributed by atoms with Crippen LogP contribution in [0, 0.1) is 0 Å². The predicted octanol–water partition coefficient (Wildman–Crippen LogP) is 6.11. The van der Waals surface area contributed by atoms with Crippen LogP contribution in [0.5, 0.6) is 0 Å². The molecule has 0 bridgehead atoms. The maximum absolute atomic E-state index is 13.5. The number of rotatable bonds is 5. The van der Waals surface area contributed by atoms with Gasteiger partial charge in [-0.15, -0.1) is 0 Å². The summed E-state index contributed by atoms with van der Waals surface area (Å²) in [5.74, 6) is -0.407. The van der Waals surface area contributed by atoms with Crippen molar-refractivity contribution in [2.75, 3.05) is 25.0 Å². The van der Waals surface area contributed by atoms with Crippen LogP contribution < -0.4 is 5.32 Å². The molecule has 0 aliphatic carbocycles. The average Bonchev–Trinajstić information content (AvgIpc) is 2.74. The van der Waals surface area contributed by atoms with Crippen molar-refractivity contribution in [2.24, 2.45) is 0 Å². The monoisotopic (exact) mass is 495 g/mol. The standard InChI is InChI=1S/C21H20ClF6N3O2/c22-16-6-7-18(29-10-16)30-19(32)33-17(21(26,27)28)12-31-8-2-4-14(11-31)13-3-1-5-15(9-13)20(23,24)25/h1,3,5-7,9-10,14,17H,2,4,8,11-12H2,(H,29,30,32)/t14-,17?/m1/s1. The SMILES string of the molecule is O=C(Nc1ccc(Cl)cn1)OC(CN1CCC[C@@H](c2cccc(C(F)(F)F)c2)C1)C(F)(F)F. The zero-order valence-electron chi connectivity index (χ0n) is 17.1. The molecule has 1 unspecified atom stereocenters. The highest BCUT2D eigenvalue weighted by molar-refractivity contribution is 6.30. The highest BCUT2D eigenvalue weighted by Crippen LogP contribution is 2.34. The Labute approximate surface area is 190 Å². The van der Waals surface area contributed by atoms with E-state index in [9.17, 15) is 31.1 Å². The molecule has 1 N–H and O–H groups in total. The fraction of sp³-hybridized carbons (Fsp3) is 0.429. The number of halogens is 7. The number of piperidine rings is 1. The summed E-state index contributed by atoms with van der Waals surface area (Å²) in [6, 6.07) is 7.50. The number of alkyl halides is 6. The minimum absolute atomic E-state index is 0.0343. The van der Waals surface area contributed by atoms with E-state index in [1.54, 1.807) is 0 Å². The van der Waals surface area contributed by atoms with Gasteiger partial charge in [0.2, 0.25) is 6.10 Å². The number of amides is 1. The maximum atomic E-state index is 13.5. The van der Waals surface area contributed by atoms with Crippen LogP contribution >= 0.6 is 11.6 Å². The van der Waals surface area contributed by atoms with Crippen molar-refractivity contribution in [1.29, 1.82) is 0 Å². The first kappa shape index (κ1) is 25.1. The summed E-state index contributed by atoms with van der Waals surface area (Å²) in [6.45, 7) is -0.232. The number of carbonyl (C=O) groups is 1. The fourth-order valence-corrected chi connectivity index (χ4v) is 3.73. The Hall–Kier alpha value is -2.53. The van der Waals surface area contributed by atoms with Crippen molar-refractivity contribution in [3.8, 4) is 0 Å². The first-order chi connectivity index (χ1) is 15.4. The molecular weight excluding hydrogens is 476 g/mol. The molecule has 2 heterocycles. The zero-order valence-corrected chi connectivity index (χ0v) is 17.8. The number of nitrogens with one attached hydrogen (secondary N) is 1. The molecule has 1 saturated heterocycles. The fourth-order valence-electron chi connectivity index (χ4n) is 3.62. The summed E-state index contributed by atoms with van der Waals surface area (Å²) >= 11 is 5.67. The van der Waals surface area contributed by atoms with E-state index in [4.69, 9.17) is 11.6 Å². The van der Waals surface area contributed by atoms with Gasteiger partial charge in [-0.05, 0) is 49.1 Å². The van der Waals surface area contributed by atoms with Crippen molar-refractivity contribution >= 4 is 23.5 Å². The first-order valence-corrected chi connectivity index (χ1v) is 10.3. The minimum atomic E-state index is -4.84. The molecule has 1 aliphatic rings. The molecule has 1 fully saturated rings. The average molecular weight is 496 g/mol. The van der Waals surface area contributed by atoms with Crippen molar-refractivity contribution in [1.82, 2.24) is 9.88 Å². The van der Waals surface area contributed by atoms with Crippen LogP contribution in [0.15, 0.2) is 42.6 Å². The van der Waals surface area contributed by atoms with Gasteiger partial charge in [-0.1, -0.05) is 29.8 Å². The lowest BCUT2D eigenvalue weighted by Crippen LogP contribution is -2.47. The van der Waals surface area contributed by atoms with E-state index in [0.29, 0.717) is 24.9 Å². The van der Waals surface area contributed by atoms with Crippen molar-refractivity contribution < 1.29 is 35.9 Å². The van der Waals surface area contributed by atoms with Crippen LogP contribution in [0.25, 0.3) is 0 Å². The van der Waals surface area contributed by atoms with Crippen LogP contribution in [-0.4, -0.2) is 47.9 Å². The third-order valence-electron chi connectivity index (χ3n) is 5.19. The summed E-state index contributed by atoms with van der Waals surface area (Å²) in [5, 5.41) is 2.39. The predicted molar refractivity (Wildman–Crippen MR) is 109 cm³/mol. The lowest BCUT2D eigenvalue weighted by atomic mass is 9.89. The van der Waals surface area contributed by atoms with E-state index >= 15 is 0 Å². The lowest BCUT2D eigenvalue weighted by molar-refractivity contribution is -0.207. The quantitative estimate of drug-likeness (QED) is 0.508. The van der Waals surface area contributed by atoms with E-state index in [0.717, 1.165) is 12.1 Å². The molecule has 0 saturated carbocycles. The zero-order chi connectivity index (χ0) is 24.2. The maximum Gasteiger partial charge on any atom is 0.426 e. The molecule has 5 nitrogen and oxygen atoms in total. The molecule has 2 atom stereocenters. The number of aromatic nitrogens is 1. The van der Waals surface area contributed by atoms with Gasteiger partial charge >= 0.3 is 18.4 Å². The molecule has 2 aromatic rings. The number of anilines is 1. The van der Waals surface area contributed by atoms with Crippen LogP contribution in [-0.2, 0) is 10.9 Å². The molecule has 1 aromatic heterocycles. The number of likely N-dealkylation sites (tertiary alicyclic amines) is 1. The Balaban J connectivity index is 1.65. The Morgan fingerprint density at radius 3 is 2.61 bits per heavy atom. The van der Waals surface area contributed by atoms with E-state index in [1.165, 1.54) is 35.4 Å². The molecule has 1 aliphatic heterocycles. The molecule has 0 radical (unpaired) electrons. The smallest absolute Gasteiger partial charge is 0.426 e. The summed E-state index contributed by atoms with van der Waals surface area (Å²) in [4.78, 5) is 17.2. The lowest BCUT2D eigenvalue weighted by Gasteiger charge is -2.35. The summed E-state index contributed by atoms with van der Waals surface area (Å²) < 4.78 is 84.3. The van der Waals surface area contributed by atoms with E-state index < -0.39 is 36.7 Å². The second-order valence-electron chi connectivity index (χ2n) is 7.64. The Morgan fingerprint density at radius 1 is 1.21 bits per heavy atom. The highest BCUT2D eigenvalue weighted by Gasteiger charge is 2.44. The number of hydrogen-bond donors (Lipinski definition) is 1. The van der Waals surface area contributed by atoms with Gasteiger partial charge in [-0.2, -0.15) is 26.3 Å². The second kappa shape index (κ2) is 10.2. The van der Waals surface area contributed by atoms with Gasteiger partial charge in [-0.25, -0.2) is 9.78 Å². The van der Waals surface area contributed by atoms with E-state index in [2.05, 4.69) is 15.0 Å². The summed E-state index contributed by atoms with van der Waals surface area (Å²) in [6.07, 6.45) is -10.9. The van der Waals surface area contributed by atoms with Gasteiger partial charge in [0.05, 0.1) is 10.6 Å². The molecule has 1 aromatic carbocycles. The van der Waals surface area contributed by atoms with Gasteiger partial charge in [0.15, 0.2) is 0 Å². The van der Waals surface area contributed by atoms with Crippen molar-refractivity contribution in [3.63, 3.8) is 0 Å².